The molecule has 1 aliphatic heterocycles. The van der Waals surface area contributed by atoms with Crippen molar-refractivity contribution >= 4 is 11.9 Å². The number of likely N-dealkylation sites (tertiary alicyclic amines) is 1. The Bertz CT molecular complexity index is 754. The third-order valence-electron chi connectivity index (χ3n) is 7.59. The van der Waals surface area contributed by atoms with Crippen LogP contribution in [0.1, 0.15) is 143 Å². The third-order valence-corrected chi connectivity index (χ3v) is 7.59. The van der Waals surface area contributed by atoms with Crippen LogP contribution in [0.4, 0.5) is 0 Å². The Kier molecular flexibility index (Phi) is 25.3. The Morgan fingerprint density at radius 2 is 1.36 bits per heavy atom. The van der Waals surface area contributed by atoms with E-state index in [0.717, 1.165) is 39.1 Å². The van der Waals surface area contributed by atoms with Crippen LogP contribution in [0.15, 0.2) is 24.3 Å². The molecule has 0 aliphatic carbocycles. The molecule has 0 bridgehead atoms. The summed E-state index contributed by atoms with van der Waals surface area (Å²) < 4.78 is 22.7. The fraction of sp³-hybridized carbons (Fsp3) is 0.838. The molecule has 0 N–H and O–H groups in total. The number of piperidine rings is 1. The van der Waals surface area contributed by atoms with E-state index < -0.39 is 5.60 Å². The smallest absolute Gasteiger partial charge is 0.306 e. The molecule has 0 radical (unpaired) electrons. The minimum atomic E-state index is -0.508. The zero-order chi connectivity index (χ0) is 32.1. The van der Waals surface area contributed by atoms with Crippen LogP contribution >= 0.6 is 0 Å². The zero-order valence-electron chi connectivity index (χ0n) is 29.0. The molecule has 0 aromatic heterocycles. The second-order valence-corrected chi connectivity index (χ2v) is 13.2. The first-order valence-corrected chi connectivity index (χ1v) is 17.9. The highest BCUT2D eigenvalue weighted by Gasteiger charge is 2.18. The van der Waals surface area contributed by atoms with E-state index in [9.17, 15) is 9.59 Å². The summed E-state index contributed by atoms with van der Waals surface area (Å²) in [6.07, 6.45) is 28.7. The van der Waals surface area contributed by atoms with E-state index in [-0.39, 0.29) is 37.5 Å². The van der Waals surface area contributed by atoms with Gasteiger partial charge in [0.25, 0.3) is 0 Å². The Balaban J connectivity index is 2.11. The molecule has 1 saturated heterocycles. The molecule has 1 rings (SSSR count). The predicted molar refractivity (Wildman–Crippen MR) is 181 cm³/mol. The molecular weight excluding hydrogens is 554 g/mol. The Labute approximate surface area is 270 Å². The summed E-state index contributed by atoms with van der Waals surface area (Å²) in [5, 5.41) is 0. The molecular formula is C37H67NO6. The fourth-order valence-corrected chi connectivity index (χ4v) is 5.20. The summed E-state index contributed by atoms with van der Waals surface area (Å²) in [4.78, 5) is 26.3. The number of hydrogen-bond acceptors (Lipinski definition) is 7. The van der Waals surface area contributed by atoms with Gasteiger partial charge in [0.15, 0.2) is 0 Å². The van der Waals surface area contributed by atoms with Crippen molar-refractivity contribution in [3.05, 3.63) is 24.3 Å². The first-order chi connectivity index (χ1) is 21.3. The highest BCUT2D eigenvalue weighted by Crippen LogP contribution is 2.13. The maximum Gasteiger partial charge on any atom is 0.306 e. The van der Waals surface area contributed by atoms with Crippen LogP contribution in [-0.2, 0) is 28.5 Å². The van der Waals surface area contributed by atoms with Crippen LogP contribution in [0.2, 0.25) is 0 Å². The molecule has 1 atom stereocenters. The first kappa shape index (κ1) is 40.3. The van der Waals surface area contributed by atoms with Gasteiger partial charge in [-0.2, -0.15) is 0 Å². The molecule has 0 aromatic carbocycles. The predicted octanol–water partition coefficient (Wildman–Crippen LogP) is 8.74. The quantitative estimate of drug-likeness (QED) is 0.0516. The van der Waals surface area contributed by atoms with Crippen LogP contribution in [0.3, 0.4) is 0 Å². The van der Waals surface area contributed by atoms with Crippen molar-refractivity contribution in [3.63, 3.8) is 0 Å². The summed E-state index contributed by atoms with van der Waals surface area (Å²) in [7, 11) is 0. The number of unbranched alkanes of at least 4 members (excludes halogenated alkanes) is 9. The highest BCUT2D eigenvalue weighted by molar-refractivity contribution is 5.72. The second kappa shape index (κ2) is 27.6. The van der Waals surface area contributed by atoms with Gasteiger partial charge in [-0.25, -0.2) is 0 Å². The van der Waals surface area contributed by atoms with Crippen molar-refractivity contribution in [2.75, 3.05) is 46.1 Å². The van der Waals surface area contributed by atoms with E-state index >= 15 is 0 Å². The van der Waals surface area contributed by atoms with Gasteiger partial charge >= 0.3 is 11.9 Å². The molecule has 44 heavy (non-hydrogen) atoms. The van der Waals surface area contributed by atoms with Crippen molar-refractivity contribution in [3.8, 4) is 0 Å². The van der Waals surface area contributed by atoms with Crippen molar-refractivity contribution in [1.29, 1.82) is 0 Å². The summed E-state index contributed by atoms with van der Waals surface area (Å²) in [6.45, 7) is 12.7. The van der Waals surface area contributed by atoms with E-state index in [4.69, 9.17) is 18.9 Å². The maximum atomic E-state index is 12.1. The van der Waals surface area contributed by atoms with Gasteiger partial charge in [-0.1, -0.05) is 76.2 Å². The minimum absolute atomic E-state index is 0.0245. The average Bonchev–Trinajstić information content (AvgIpc) is 2.98. The lowest BCUT2D eigenvalue weighted by atomic mass is 10.1. The van der Waals surface area contributed by atoms with E-state index in [1.165, 1.54) is 83.5 Å². The number of carbonyl (C=O) groups is 2. The first-order valence-electron chi connectivity index (χ1n) is 17.9. The number of rotatable bonds is 27. The number of hydrogen-bond donors (Lipinski definition) is 0. The maximum absolute atomic E-state index is 12.1. The largest absolute Gasteiger partial charge is 0.463 e. The number of esters is 2. The molecule has 0 spiro atoms. The average molecular weight is 622 g/mol. The molecule has 7 nitrogen and oxygen atoms in total. The van der Waals surface area contributed by atoms with E-state index in [0.29, 0.717) is 19.6 Å². The molecule has 1 fully saturated rings. The molecule has 1 unspecified atom stereocenters. The standard InChI is InChI=1S/C37H67NO6/c1-5-6-7-8-9-10-11-12-13-14-15-16-17-18-19-23-29-41-33-34(32-38-27-21-20-22-28-38)42-30-31-43-35(39)25-24-26-36(40)44-37(2,3)4/h9-10,12-13,34H,5-8,11,14-33H2,1-4H3/b10-9-,13-12-. The SMILES string of the molecule is CCCCC/C=C\C/C=C\CCCCCCCCOCC(CN1CCCCC1)OCCOC(=O)CCCC(=O)OC(C)(C)C. The second-order valence-electron chi connectivity index (χ2n) is 13.2. The Morgan fingerprint density at radius 1 is 0.727 bits per heavy atom. The van der Waals surface area contributed by atoms with Gasteiger partial charge in [-0.15, -0.1) is 0 Å². The monoisotopic (exact) mass is 621 g/mol. The number of ether oxygens (including phenoxy) is 4. The molecule has 1 heterocycles. The molecule has 0 aromatic rings. The van der Waals surface area contributed by atoms with Crippen molar-refractivity contribution in [1.82, 2.24) is 4.90 Å². The Hall–Kier alpha value is -1.70. The van der Waals surface area contributed by atoms with Gasteiger partial charge in [0.05, 0.1) is 19.3 Å². The van der Waals surface area contributed by atoms with E-state index in [1.807, 2.05) is 20.8 Å². The highest BCUT2D eigenvalue weighted by atomic mass is 16.6. The summed E-state index contributed by atoms with van der Waals surface area (Å²) in [5.74, 6) is -0.594. The molecule has 7 heteroatoms. The normalized spacial score (nSPS) is 15.3. The van der Waals surface area contributed by atoms with E-state index in [1.54, 1.807) is 0 Å². The van der Waals surface area contributed by atoms with Gasteiger partial charge < -0.3 is 23.8 Å². The van der Waals surface area contributed by atoms with Gasteiger partial charge in [0, 0.05) is 26.0 Å². The van der Waals surface area contributed by atoms with Gasteiger partial charge in [0.1, 0.15) is 12.2 Å². The van der Waals surface area contributed by atoms with Gasteiger partial charge in [-0.05, 0) is 91.6 Å². The Morgan fingerprint density at radius 3 is 2.05 bits per heavy atom. The third kappa shape index (κ3) is 26.7. The molecule has 0 amide bonds. The molecule has 0 saturated carbocycles. The van der Waals surface area contributed by atoms with Crippen molar-refractivity contribution in [2.45, 2.75) is 155 Å². The van der Waals surface area contributed by atoms with Crippen molar-refractivity contribution in [2.24, 2.45) is 0 Å². The molecule has 1 aliphatic rings. The van der Waals surface area contributed by atoms with Gasteiger partial charge in [0.2, 0.25) is 0 Å². The molecule has 256 valence electrons. The van der Waals surface area contributed by atoms with Gasteiger partial charge in [-0.3, -0.25) is 9.59 Å². The summed E-state index contributed by atoms with van der Waals surface area (Å²) in [5.41, 5.74) is -0.508. The van der Waals surface area contributed by atoms with Crippen molar-refractivity contribution < 1.29 is 28.5 Å². The van der Waals surface area contributed by atoms with Crippen LogP contribution in [-0.4, -0.2) is 74.6 Å². The van der Waals surface area contributed by atoms with Crippen LogP contribution in [0.25, 0.3) is 0 Å². The van der Waals surface area contributed by atoms with Crippen LogP contribution in [0, 0.1) is 0 Å². The zero-order valence-corrected chi connectivity index (χ0v) is 29.0. The number of allylic oxidation sites excluding steroid dienone is 4. The number of carbonyl (C=O) groups excluding carboxylic acids is 2. The lowest BCUT2D eigenvalue weighted by Gasteiger charge is -2.30. The summed E-state index contributed by atoms with van der Waals surface area (Å²) in [6, 6.07) is 0. The van der Waals surface area contributed by atoms with Crippen LogP contribution in [0.5, 0.6) is 0 Å². The van der Waals surface area contributed by atoms with Crippen LogP contribution < -0.4 is 0 Å². The minimum Gasteiger partial charge on any atom is -0.463 e. The lowest BCUT2D eigenvalue weighted by molar-refractivity contribution is -0.155. The summed E-state index contributed by atoms with van der Waals surface area (Å²) >= 11 is 0. The number of nitrogens with zero attached hydrogens (tertiary/aromatic N) is 1. The topological polar surface area (TPSA) is 74.3 Å². The van der Waals surface area contributed by atoms with E-state index in [2.05, 4.69) is 36.1 Å². The fourth-order valence-electron chi connectivity index (χ4n) is 5.20. The lowest BCUT2D eigenvalue weighted by Crippen LogP contribution is -2.40.